The number of carbonyl (C=O) groups is 1. The van der Waals surface area contributed by atoms with Crippen molar-refractivity contribution < 1.29 is 22.8 Å². The van der Waals surface area contributed by atoms with Crippen LogP contribution in [0.25, 0.3) is 0 Å². The third kappa shape index (κ3) is 4.42. The Labute approximate surface area is 146 Å². The molecule has 25 heavy (non-hydrogen) atoms. The molecule has 0 saturated heterocycles. The number of carbonyl (C=O) groups excluding carboxylic acids is 1. The summed E-state index contributed by atoms with van der Waals surface area (Å²) in [6.07, 6.45) is 0. The second-order valence-electron chi connectivity index (χ2n) is 5.01. The normalized spacial score (nSPS) is 11.1. The fourth-order valence-corrected chi connectivity index (χ4v) is 2.96. The second kappa shape index (κ2) is 7.90. The predicted molar refractivity (Wildman–Crippen MR) is 88.7 cm³/mol. The molecule has 0 fully saturated rings. The molecular formula is C17H16N2O5S. The van der Waals surface area contributed by atoms with Crippen molar-refractivity contribution in [2.24, 2.45) is 0 Å². The van der Waals surface area contributed by atoms with Crippen molar-refractivity contribution in [1.29, 1.82) is 5.26 Å². The number of hydroxylamine groups is 1. The summed E-state index contributed by atoms with van der Waals surface area (Å²) in [5, 5.41) is 8.75. The van der Waals surface area contributed by atoms with Crippen LogP contribution in [-0.4, -0.2) is 33.0 Å². The highest BCUT2D eigenvalue weighted by Crippen LogP contribution is 2.17. The highest BCUT2D eigenvalue weighted by molar-refractivity contribution is 7.89. The molecule has 0 radical (unpaired) electrons. The molecule has 2 aromatic rings. The first-order valence-corrected chi connectivity index (χ1v) is 8.61. The van der Waals surface area contributed by atoms with E-state index in [1.165, 1.54) is 38.4 Å². The average molecular weight is 360 g/mol. The minimum atomic E-state index is -3.85. The predicted octanol–water partition coefficient (Wildman–Crippen LogP) is 2.10. The quantitative estimate of drug-likeness (QED) is 0.578. The van der Waals surface area contributed by atoms with Crippen molar-refractivity contribution in [3.63, 3.8) is 0 Å². The number of hydrogen-bond acceptors (Lipinski definition) is 6. The summed E-state index contributed by atoms with van der Waals surface area (Å²) in [6.45, 7) is 0.0134. The summed E-state index contributed by atoms with van der Waals surface area (Å²) in [4.78, 5) is 16.8. The van der Waals surface area contributed by atoms with Gasteiger partial charge in [0.25, 0.3) is 10.0 Å². The van der Waals surface area contributed by atoms with Gasteiger partial charge in [-0.1, -0.05) is 22.7 Å². The fourth-order valence-electron chi connectivity index (χ4n) is 1.94. The van der Waals surface area contributed by atoms with Crippen LogP contribution in [0.3, 0.4) is 0 Å². The first kappa shape index (κ1) is 18.6. The van der Waals surface area contributed by atoms with Gasteiger partial charge >= 0.3 is 5.97 Å². The third-order valence-corrected chi connectivity index (χ3v) is 5.09. The number of ether oxygens (including phenoxy) is 1. The Balaban J connectivity index is 2.12. The monoisotopic (exact) mass is 360 g/mol. The van der Waals surface area contributed by atoms with E-state index in [1.54, 1.807) is 24.3 Å². The van der Waals surface area contributed by atoms with Gasteiger partial charge < -0.3 is 4.74 Å². The summed E-state index contributed by atoms with van der Waals surface area (Å²) in [5.74, 6) is -0.651. The molecule has 0 heterocycles. The number of esters is 1. The van der Waals surface area contributed by atoms with E-state index in [-0.39, 0.29) is 17.1 Å². The average Bonchev–Trinajstić information content (AvgIpc) is 2.65. The van der Waals surface area contributed by atoms with E-state index in [2.05, 4.69) is 0 Å². The molecule has 2 rings (SSSR count). The molecule has 0 aliphatic carbocycles. The van der Waals surface area contributed by atoms with Crippen LogP contribution in [0.4, 0.5) is 0 Å². The Morgan fingerprint density at radius 3 is 2.48 bits per heavy atom. The van der Waals surface area contributed by atoms with Gasteiger partial charge in [-0.05, 0) is 35.9 Å². The minimum absolute atomic E-state index is 0.0134. The first-order valence-electron chi connectivity index (χ1n) is 7.17. The molecule has 0 amide bonds. The third-order valence-electron chi connectivity index (χ3n) is 3.42. The van der Waals surface area contributed by atoms with Gasteiger partial charge in [0.1, 0.15) is 6.61 Å². The van der Waals surface area contributed by atoms with Gasteiger partial charge in [0.2, 0.25) is 0 Å². The number of rotatable bonds is 6. The summed E-state index contributed by atoms with van der Waals surface area (Å²) in [6, 6.07) is 14.1. The zero-order chi connectivity index (χ0) is 18.4. The SMILES string of the molecule is CON(C)S(=O)(=O)c1cccc(C(=O)OCc2ccc(C#N)cc2)c1. The molecular weight excluding hydrogens is 344 g/mol. The Morgan fingerprint density at radius 1 is 1.20 bits per heavy atom. The Morgan fingerprint density at radius 2 is 1.88 bits per heavy atom. The molecule has 0 saturated carbocycles. The second-order valence-corrected chi connectivity index (χ2v) is 6.95. The van der Waals surface area contributed by atoms with Crippen LogP contribution in [-0.2, 0) is 26.2 Å². The highest BCUT2D eigenvalue weighted by Gasteiger charge is 2.22. The van der Waals surface area contributed by atoms with Gasteiger partial charge in [0.15, 0.2) is 0 Å². The number of nitriles is 1. The van der Waals surface area contributed by atoms with E-state index in [4.69, 9.17) is 14.8 Å². The zero-order valence-electron chi connectivity index (χ0n) is 13.7. The van der Waals surface area contributed by atoms with Crippen LogP contribution in [0.1, 0.15) is 21.5 Å². The maximum Gasteiger partial charge on any atom is 0.338 e. The highest BCUT2D eigenvalue weighted by atomic mass is 32.2. The molecule has 0 aliphatic rings. The standard InChI is InChI=1S/C17H16N2O5S/c1-19(23-2)25(21,22)16-5-3-4-15(10-16)17(20)24-12-14-8-6-13(11-18)7-9-14/h3-10H,12H2,1-2H3. The summed E-state index contributed by atoms with van der Waals surface area (Å²) in [5.41, 5.74) is 1.34. The molecule has 2 aromatic carbocycles. The Bertz CT molecular complexity index is 901. The van der Waals surface area contributed by atoms with Crippen molar-refractivity contribution >= 4 is 16.0 Å². The molecule has 0 bridgehead atoms. The van der Waals surface area contributed by atoms with Crippen molar-refractivity contribution in [3.8, 4) is 6.07 Å². The van der Waals surface area contributed by atoms with Crippen molar-refractivity contribution in [3.05, 3.63) is 65.2 Å². The van der Waals surface area contributed by atoms with E-state index >= 15 is 0 Å². The van der Waals surface area contributed by atoms with Crippen molar-refractivity contribution in [1.82, 2.24) is 4.47 Å². The summed E-state index contributed by atoms with van der Waals surface area (Å²) < 4.78 is 30.3. The maximum absolute atomic E-state index is 12.2. The van der Waals surface area contributed by atoms with E-state index in [0.29, 0.717) is 10.0 Å². The molecule has 0 spiro atoms. The topological polar surface area (TPSA) is 96.7 Å². The largest absolute Gasteiger partial charge is 0.457 e. The lowest BCUT2D eigenvalue weighted by molar-refractivity contribution is -0.0258. The van der Waals surface area contributed by atoms with E-state index in [0.717, 1.165) is 5.56 Å². The van der Waals surface area contributed by atoms with Gasteiger partial charge in [0, 0.05) is 7.05 Å². The smallest absolute Gasteiger partial charge is 0.338 e. The van der Waals surface area contributed by atoms with E-state index in [9.17, 15) is 13.2 Å². The molecule has 0 aliphatic heterocycles. The number of sulfonamides is 1. The van der Waals surface area contributed by atoms with Crippen molar-refractivity contribution in [2.45, 2.75) is 11.5 Å². The molecule has 0 unspecified atom stereocenters. The van der Waals surface area contributed by atoms with Crippen LogP contribution >= 0.6 is 0 Å². The van der Waals surface area contributed by atoms with Gasteiger partial charge in [-0.3, -0.25) is 4.84 Å². The number of hydrogen-bond donors (Lipinski definition) is 0. The number of benzene rings is 2. The first-order chi connectivity index (χ1) is 11.9. The van der Waals surface area contributed by atoms with Crippen LogP contribution in [0.15, 0.2) is 53.4 Å². The van der Waals surface area contributed by atoms with Gasteiger partial charge in [-0.2, -0.15) is 5.26 Å². The Kier molecular flexibility index (Phi) is 5.88. The molecule has 130 valence electrons. The number of nitrogens with zero attached hydrogens (tertiary/aromatic N) is 2. The van der Waals surface area contributed by atoms with Gasteiger partial charge in [0.05, 0.1) is 29.2 Å². The lowest BCUT2D eigenvalue weighted by Gasteiger charge is -2.14. The molecule has 8 heteroatoms. The maximum atomic E-state index is 12.2. The summed E-state index contributed by atoms with van der Waals surface area (Å²) >= 11 is 0. The lowest BCUT2D eigenvalue weighted by Crippen LogP contribution is -2.25. The molecule has 0 aromatic heterocycles. The molecule has 0 N–H and O–H groups in total. The molecule has 7 nitrogen and oxygen atoms in total. The van der Waals surface area contributed by atoms with E-state index in [1.807, 2.05) is 6.07 Å². The van der Waals surface area contributed by atoms with Crippen LogP contribution in [0, 0.1) is 11.3 Å². The Hall–Kier alpha value is -2.73. The lowest BCUT2D eigenvalue weighted by atomic mass is 10.1. The van der Waals surface area contributed by atoms with E-state index < -0.39 is 16.0 Å². The fraction of sp³-hybridized carbons (Fsp3) is 0.176. The van der Waals surface area contributed by atoms with Gasteiger partial charge in [-0.15, -0.1) is 0 Å². The molecule has 0 atom stereocenters. The van der Waals surface area contributed by atoms with Crippen LogP contribution < -0.4 is 0 Å². The van der Waals surface area contributed by atoms with Crippen molar-refractivity contribution in [2.75, 3.05) is 14.2 Å². The van der Waals surface area contributed by atoms with Gasteiger partial charge in [-0.25, -0.2) is 13.2 Å². The zero-order valence-corrected chi connectivity index (χ0v) is 14.5. The minimum Gasteiger partial charge on any atom is -0.457 e. The van der Waals surface area contributed by atoms with Crippen LogP contribution in [0.5, 0.6) is 0 Å². The summed E-state index contributed by atoms with van der Waals surface area (Å²) in [7, 11) is -1.36. The van der Waals surface area contributed by atoms with Crippen LogP contribution in [0.2, 0.25) is 0 Å².